The Hall–Kier alpha value is -0.950. The number of nitrogens with two attached hydrogens (primary N) is 1. The van der Waals surface area contributed by atoms with Gasteiger partial charge >= 0.3 is 0 Å². The second-order valence-corrected chi connectivity index (χ2v) is 5.81. The third-order valence-corrected chi connectivity index (χ3v) is 4.30. The van der Waals surface area contributed by atoms with Crippen molar-refractivity contribution in [3.8, 4) is 0 Å². The monoisotopic (exact) mass is 346 g/mol. The van der Waals surface area contributed by atoms with E-state index in [-0.39, 0.29) is 5.91 Å². The molecule has 1 heterocycles. The van der Waals surface area contributed by atoms with Crippen LogP contribution in [0.15, 0.2) is 4.47 Å². The molecule has 0 bridgehead atoms. The highest BCUT2D eigenvalue weighted by Crippen LogP contribution is 2.19. The molecule has 5 nitrogen and oxygen atoms in total. The van der Waals surface area contributed by atoms with E-state index < -0.39 is 0 Å². The van der Waals surface area contributed by atoms with Crippen LogP contribution in [-0.4, -0.2) is 39.2 Å². The summed E-state index contributed by atoms with van der Waals surface area (Å²) in [6.07, 6.45) is 0.977. The summed E-state index contributed by atoms with van der Waals surface area (Å²) in [5, 5.41) is 4.37. The normalized spacial score (nSPS) is 10.5. The van der Waals surface area contributed by atoms with Gasteiger partial charge in [-0.05, 0) is 29.8 Å². The predicted molar refractivity (Wildman–Crippen MR) is 83.1 cm³/mol. The minimum Gasteiger partial charge on any atom is -0.393 e. The van der Waals surface area contributed by atoms with Crippen molar-refractivity contribution in [2.75, 3.05) is 13.6 Å². The summed E-state index contributed by atoms with van der Waals surface area (Å²) in [5.41, 5.74) is 7.39. The van der Waals surface area contributed by atoms with Crippen molar-refractivity contribution < 1.29 is 4.79 Å². The molecule has 0 aromatic carbocycles. The molecule has 0 aliphatic carbocycles. The van der Waals surface area contributed by atoms with Crippen molar-refractivity contribution in [1.82, 2.24) is 14.7 Å². The summed E-state index contributed by atoms with van der Waals surface area (Å²) in [5.74, 6) is 0.0694. The van der Waals surface area contributed by atoms with Crippen molar-refractivity contribution in [3.63, 3.8) is 0 Å². The van der Waals surface area contributed by atoms with Crippen LogP contribution in [0, 0.1) is 13.8 Å². The number of carbonyl (C=O) groups excluding carboxylic acids is 1. The van der Waals surface area contributed by atoms with E-state index in [9.17, 15) is 4.79 Å². The highest BCUT2D eigenvalue weighted by molar-refractivity contribution is 9.10. The molecule has 0 atom stereocenters. The zero-order valence-electron chi connectivity index (χ0n) is 11.4. The van der Waals surface area contributed by atoms with Crippen LogP contribution in [0.25, 0.3) is 0 Å². The first-order chi connectivity index (χ1) is 8.82. The fraction of sp³-hybridized carbons (Fsp3) is 0.583. The number of amides is 1. The number of aryl methyl sites for hydroxylation is 2. The summed E-state index contributed by atoms with van der Waals surface area (Å²) < 4.78 is 2.85. The van der Waals surface area contributed by atoms with E-state index in [1.54, 1.807) is 11.9 Å². The lowest BCUT2D eigenvalue weighted by Crippen LogP contribution is -2.30. The predicted octanol–water partition coefficient (Wildman–Crippen LogP) is 1.79. The Bertz CT molecular complexity index is 486. The van der Waals surface area contributed by atoms with Gasteiger partial charge in [-0.25, -0.2) is 0 Å². The fourth-order valence-electron chi connectivity index (χ4n) is 1.69. The Labute approximate surface area is 127 Å². The van der Waals surface area contributed by atoms with Crippen molar-refractivity contribution in [2.24, 2.45) is 5.73 Å². The number of halogens is 1. The van der Waals surface area contributed by atoms with Crippen molar-refractivity contribution in [1.29, 1.82) is 0 Å². The molecule has 0 aliphatic rings. The summed E-state index contributed by atoms with van der Waals surface area (Å²) >= 11 is 8.27. The number of rotatable bonds is 6. The van der Waals surface area contributed by atoms with Crippen LogP contribution in [0.3, 0.4) is 0 Å². The van der Waals surface area contributed by atoms with E-state index in [1.165, 1.54) is 0 Å². The molecule has 7 heteroatoms. The Kier molecular flexibility index (Phi) is 5.93. The number of nitrogens with zero attached hydrogens (tertiary/aromatic N) is 3. The molecule has 0 saturated heterocycles. The van der Waals surface area contributed by atoms with Crippen LogP contribution >= 0.6 is 28.1 Å². The molecule has 106 valence electrons. The number of thiocarbonyl (C=S) groups is 1. The topological polar surface area (TPSA) is 64.2 Å². The van der Waals surface area contributed by atoms with Gasteiger partial charge in [0, 0.05) is 32.1 Å². The molecule has 0 fully saturated rings. The van der Waals surface area contributed by atoms with Gasteiger partial charge in [0.05, 0.1) is 21.7 Å². The van der Waals surface area contributed by atoms with Gasteiger partial charge in [0.15, 0.2) is 0 Å². The van der Waals surface area contributed by atoms with Gasteiger partial charge in [-0.1, -0.05) is 12.2 Å². The average Bonchev–Trinajstić information content (AvgIpc) is 2.60. The van der Waals surface area contributed by atoms with Crippen molar-refractivity contribution >= 4 is 39.0 Å². The third kappa shape index (κ3) is 4.58. The lowest BCUT2D eigenvalue weighted by Gasteiger charge is -2.16. The second kappa shape index (κ2) is 7.00. The molecule has 0 aliphatic heterocycles. The first kappa shape index (κ1) is 16.1. The molecule has 19 heavy (non-hydrogen) atoms. The lowest BCUT2D eigenvalue weighted by atomic mass is 10.3. The third-order valence-electron chi connectivity index (χ3n) is 2.95. The van der Waals surface area contributed by atoms with Crippen molar-refractivity contribution in [2.45, 2.75) is 33.2 Å². The van der Waals surface area contributed by atoms with E-state index in [0.29, 0.717) is 30.9 Å². The lowest BCUT2D eigenvalue weighted by molar-refractivity contribution is -0.130. The number of aromatic nitrogens is 2. The summed E-state index contributed by atoms with van der Waals surface area (Å²) in [6, 6.07) is 0. The van der Waals surface area contributed by atoms with E-state index in [2.05, 4.69) is 21.0 Å². The van der Waals surface area contributed by atoms with Gasteiger partial charge in [-0.2, -0.15) is 5.10 Å². The molecule has 0 saturated carbocycles. The van der Waals surface area contributed by atoms with Crippen LogP contribution in [0.4, 0.5) is 0 Å². The molecule has 2 N–H and O–H groups in total. The molecular weight excluding hydrogens is 328 g/mol. The number of hydrogen-bond acceptors (Lipinski definition) is 3. The number of carbonyl (C=O) groups is 1. The minimum absolute atomic E-state index is 0.0694. The zero-order valence-corrected chi connectivity index (χ0v) is 13.8. The fourth-order valence-corrected chi connectivity index (χ4v) is 2.06. The maximum absolute atomic E-state index is 11.9. The molecule has 1 aromatic rings. The average molecular weight is 347 g/mol. The van der Waals surface area contributed by atoms with Crippen LogP contribution in [0.5, 0.6) is 0 Å². The maximum atomic E-state index is 11.9. The zero-order chi connectivity index (χ0) is 14.6. The Morgan fingerprint density at radius 3 is 2.58 bits per heavy atom. The van der Waals surface area contributed by atoms with Gasteiger partial charge in [0.25, 0.3) is 0 Å². The maximum Gasteiger partial charge on any atom is 0.224 e. The minimum atomic E-state index is 0.0694. The summed E-state index contributed by atoms with van der Waals surface area (Å²) in [4.78, 5) is 14.0. The van der Waals surface area contributed by atoms with Gasteiger partial charge in [0.2, 0.25) is 5.91 Å². The molecule has 0 spiro atoms. The highest BCUT2D eigenvalue weighted by Gasteiger charge is 2.12. The largest absolute Gasteiger partial charge is 0.393 e. The van der Waals surface area contributed by atoms with Gasteiger partial charge in [-0.3, -0.25) is 9.48 Å². The SMILES string of the molecule is Cc1nn(CCC(=O)N(C)CCC(N)=S)c(C)c1Br. The van der Waals surface area contributed by atoms with Gasteiger partial charge < -0.3 is 10.6 Å². The van der Waals surface area contributed by atoms with Crippen LogP contribution in [-0.2, 0) is 11.3 Å². The van der Waals surface area contributed by atoms with Crippen LogP contribution in [0.2, 0.25) is 0 Å². The molecule has 0 radical (unpaired) electrons. The Morgan fingerprint density at radius 1 is 1.47 bits per heavy atom. The van der Waals surface area contributed by atoms with Crippen LogP contribution < -0.4 is 5.73 Å². The quantitative estimate of drug-likeness (QED) is 0.797. The number of hydrogen-bond donors (Lipinski definition) is 1. The molecule has 1 rings (SSSR count). The summed E-state index contributed by atoms with van der Waals surface area (Å²) in [7, 11) is 1.76. The Morgan fingerprint density at radius 2 is 2.11 bits per heavy atom. The van der Waals surface area contributed by atoms with E-state index in [4.69, 9.17) is 18.0 Å². The van der Waals surface area contributed by atoms with Gasteiger partial charge in [0.1, 0.15) is 0 Å². The van der Waals surface area contributed by atoms with E-state index in [0.717, 1.165) is 15.9 Å². The van der Waals surface area contributed by atoms with Crippen molar-refractivity contribution in [3.05, 3.63) is 15.9 Å². The molecule has 0 unspecified atom stereocenters. The van der Waals surface area contributed by atoms with E-state index >= 15 is 0 Å². The molecular formula is C12H19BrN4OS. The van der Waals surface area contributed by atoms with E-state index in [1.807, 2.05) is 18.5 Å². The highest BCUT2D eigenvalue weighted by atomic mass is 79.9. The first-order valence-corrected chi connectivity index (χ1v) is 7.24. The van der Waals surface area contributed by atoms with Crippen LogP contribution in [0.1, 0.15) is 24.2 Å². The first-order valence-electron chi connectivity index (χ1n) is 6.04. The molecule has 1 aromatic heterocycles. The second-order valence-electron chi connectivity index (χ2n) is 4.49. The molecule has 1 amide bonds. The smallest absolute Gasteiger partial charge is 0.224 e. The van der Waals surface area contributed by atoms with Gasteiger partial charge in [-0.15, -0.1) is 0 Å². The standard InChI is InChI=1S/C12H19BrN4OS/c1-8-12(13)9(2)17(15-8)7-5-11(18)16(3)6-4-10(14)19/h4-7H2,1-3H3,(H2,14,19). The summed E-state index contributed by atoms with van der Waals surface area (Å²) in [6.45, 7) is 5.05. The Balaban J connectivity index is 2.49.